The monoisotopic (exact) mass is 260 g/mol. The molecule has 3 N–H and O–H groups in total. The van der Waals surface area contributed by atoms with Crippen LogP contribution >= 0.6 is 11.3 Å². The molecule has 0 atom stereocenters. The molecule has 0 bridgehead atoms. The molecule has 7 heteroatoms. The molecule has 2 heterocycles. The molecule has 3 aromatic rings. The predicted molar refractivity (Wildman–Crippen MR) is 70.5 cm³/mol. The lowest BCUT2D eigenvalue weighted by molar-refractivity contribution is -0.383. The Morgan fingerprint density at radius 2 is 2.28 bits per heavy atom. The Hall–Kier alpha value is -2.41. The summed E-state index contributed by atoms with van der Waals surface area (Å²) in [6, 6.07) is 4.92. The molecule has 0 saturated carbocycles. The fourth-order valence-corrected chi connectivity index (χ4v) is 2.49. The van der Waals surface area contributed by atoms with Gasteiger partial charge >= 0.3 is 0 Å². The number of nitrogens with two attached hydrogens (primary N) is 1. The van der Waals surface area contributed by atoms with E-state index in [1.807, 2.05) is 0 Å². The van der Waals surface area contributed by atoms with E-state index in [4.69, 9.17) is 5.73 Å². The van der Waals surface area contributed by atoms with E-state index >= 15 is 0 Å². The van der Waals surface area contributed by atoms with Gasteiger partial charge in [0.15, 0.2) is 5.13 Å². The highest BCUT2D eigenvalue weighted by Crippen LogP contribution is 2.35. The van der Waals surface area contributed by atoms with Crippen molar-refractivity contribution in [2.24, 2.45) is 0 Å². The second kappa shape index (κ2) is 3.81. The Bertz CT molecular complexity index is 746. The van der Waals surface area contributed by atoms with E-state index in [0.717, 1.165) is 0 Å². The van der Waals surface area contributed by atoms with Gasteiger partial charge in [-0.15, -0.1) is 11.3 Å². The van der Waals surface area contributed by atoms with Gasteiger partial charge in [0, 0.05) is 23.2 Å². The van der Waals surface area contributed by atoms with E-state index < -0.39 is 4.92 Å². The van der Waals surface area contributed by atoms with Gasteiger partial charge in [-0.25, -0.2) is 4.98 Å². The zero-order chi connectivity index (χ0) is 12.7. The molecule has 0 aliphatic carbocycles. The first-order chi connectivity index (χ1) is 8.66. The topological polar surface area (TPSA) is 97.8 Å². The number of hydrogen-bond acceptors (Lipinski definition) is 5. The van der Waals surface area contributed by atoms with E-state index in [2.05, 4.69) is 9.97 Å². The van der Waals surface area contributed by atoms with Crippen LogP contribution < -0.4 is 5.73 Å². The van der Waals surface area contributed by atoms with Crippen LogP contribution in [0.15, 0.2) is 29.8 Å². The zero-order valence-corrected chi connectivity index (χ0v) is 9.90. The molecule has 18 heavy (non-hydrogen) atoms. The number of H-pyrrole nitrogens is 1. The number of aromatic nitrogens is 2. The van der Waals surface area contributed by atoms with Gasteiger partial charge in [0.2, 0.25) is 0 Å². The molecule has 0 aliphatic rings. The molecule has 0 aliphatic heterocycles. The summed E-state index contributed by atoms with van der Waals surface area (Å²) in [6.45, 7) is 0. The summed E-state index contributed by atoms with van der Waals surface area (Å²) < 4.78 is 0. The number of thiazole rings is 1. The minimum atomic E-state index is -0.393. The smallest absolute Gasteiger partial charge is 0.279 e. The van der Waals surface area contributed by atoms with Crippen molar-refractivity contribution in [3.63, 3.8) is 0 Å². The van der Waals surface area contributed by atoms with Gasteiger partial charge in [0.05, 0.1) is 21.5 Å². The normalized spacial score (nSPS) is 10.9. The lowest BCUT2D eigenvalue weighted by atomic mass is 10.1. The number of nitrogen functional groups attached to an aromatic ring is 1. The highest BCUT2D eigenvalue weighted by Gasteiger charge is 2.18. The summed E-state index contributed by atoms with van der Waals surface area (Å²) in [6.07, 6.45) is 1.71. The third kappa shape index (κ3) is 1.52. The predicted octanol–water partition coefficient (Wildman–Crippen LogP) is 2.78. The van der Waals surface area contributed by atoms with Crippen molar-refractivity contribution in [3.8, 4) is 11.3 Å². The molecule has 0 saturated heterocycles. The van der Waals surface area contributed by atoms with Crippen LogP contribution in [0, 0.1) is 10.1 Å². The van der Waals surface area contributed by atoms with Crippen molar-refractivity contribution >= 4 is 33.1 Å². The molecule has 0 radical (unpaired) electrons. The first-order valence-electron chi connectivity index (χ1n) is 5.12. The maximum atomic E-state index is 11.1. The second-order valence-electron chi connectivity index (χ2n) is 3.73. The number of non-ortho nitro benzene ring substituents is 1. The van der Waals surface area contributed by atoms with Gasteiger partial charge in [0.25, 0.3) is 5.69 Å². The van der Waals surface area contributed by atoms with E-state index in [1.165, 1.54) is 17.4 Å². The highest BCUT2D eigenvalue weighted by molar-refractivity contribution is 7.13. The van der Waals surface area contributed by atoms with Gasteiger partial charge in [-0.2, -0.15) is 0 Å². The molecular formula is C11H8N4O2S. The van der Waals surface area contributed by atoms with E-state index in [0.29, 0.717) is 27.3 Å². The average Bonchev–Trinajstić information content (AvgIpc) is 2.94. The number of nitro groups is 1. The number of nitrogens with one attached hydrogen (secondary N) is 1. The Morgan fingerprint density at radius 1 is 1.44 bits per heavy atom. The molecule has 0 amide bonds. The summed E-state index contributed by atoms with van der Waals surface area (Å²) in [7, 11) is 0. The summed E-state index contributed by atoms with van der Waals surface area (Å²) in [4.78, 5) is 17.8. The molecule has 0 unspecified atom stereocenters. The van der Waals surface area contributed by atoms with E-state index in [1.54, 1.807) is 23.7 Å². The second-order valence-corrected chi connectivity index (χ2v) is 4.62. The average molecular weight is 260 g/mol. The molecule has 2 aromatic heterocycles. The quantitative estimate of drug-likeness (QED) is 0.546. The third-order valence-electron chi connectivity index (χ3n) is 2.68. The van der Waals surface area contributed by atoms with Crippen LogP contribution in [-0.2, 0) is 0 Å². The zero-order valence-electron chi connectivity index (χ0n) is 9.08. The number of benzene rings is 1. The largest absolute Gasteiger partial charge is 0.375 e. The van der Waals surface area contributed by atoms with Gasteiger partial charge in [0.1, 0.15) is 0 Å². The summed E-state index contributed by atoms with van der Waals surface area (Å²) >= 11 is 1.31. The fraction of sp³-hybridized carbons (Fsp3) is 0. The van der Waals surface area contributed by atoms with Crippen LogP contribution in [0.2, 0.25) is 0 Å². The van der Waals surface area contributed by atoms with Gasteiger partial charge in [-0.05, 0) is 6.07 Å². The lowest BCUT2D eigenvalue weighted by Crippen LogP contribution is -1.89. The minimum Gasteiger partial charge on any atom is -0.375 e. The van der Waals surface area contributed by atoms with Crippen LogP contribution in [0.1, 0.15) is 0 Å². The molecule has 3 rings (SSSR count). The summed E-state index contributed by atoms with van der Waals surface area (Å²) in [5, 5.41) is 13.8. The van der Waals surface area contributed by atoms with E-state index in [9.17, 15) is 10.1 Å². The van der Waals surface area contributed by atoms with Crippen LogP contribution in [-0.4, -0.2) is 14.9 Å². The Morgan fingerprint density at radius 3 is 2.94 bits per heavy atom. The van der Waals surface area contributed by atoms with Crippen molar-refractivity contribution in [2.75, 3.05) is 5.73 Å². The molecule has 90 valence electrons. The standard InChI is InChI=1S/C11H8N4O2S/c12-11-14-8(5-18-11)6-4-13-7-2-1-3-9(10(6)7)15(16)17/h1-5,13H,(H2,12,14). The minimum absolute atomic E-state index is 0.0651. The Balaban J connectivity index is 2.34. The van der Waals surface area contributed by atoms with Crippen molar-refractivity contribution in [2.45, 2.75) is 0 Å². The van der Waals surface area contributed by atoms with Crippen molar-refractivity contribution in [3.05, 3.63) is 39.9 Å². The number of nitrogens with zero attached hydrogens (tertiary/aromatic N) is 2. The number of nitro benzene ring substituents is 1. The molecule has 0 fully saturated rings. The van der Waals surface area contributed by atoms with Crippen LogP contribution in [0.5, 0.6) is 0 Å². The Labute approximate surface area is 105 Å². The molecule has 0 spiro atoms. The SMILES string of the molecule is Nc1nc(-c2c[nH]c3cccc([N+](=O)[O-])c23)cs1. The lowest BCUT2D eigenvalue weighted by Gasteiger charge is -1.96. The van der Waals surface area contributed by atoms with Crippen molar-refractivity contribution in [1.29, 1.82) is 0 Å². The van der Waals surface area contributed by atoms with Gasteiger partial charge in [-0.1, -0.05) is 6.07 Å². The number of aromatic amines is 1. The number of hydrogen-bond donors (Lipinski definition) is 2. The van der Waals surface area contributed by atoms with Crippen molar-refractivity contribution < 1.29 is 4.92 Å². The van der Waals surface area contributed by atoms with E-state index in [-0.39, 0.29) is 5.69 Å². The summed E-state index contributed by atoms with van der Waals surface area (Å²) in [5.41, 5.74) is 7.72. The van der Waals surface area contributed by atoms with Gasteiger partial charge in [-0.3, -0.25) is 10.1 Å². The molecule has 1 aromatic carbocycles. The third-order valence-corrected chi connectivity index (χ3v) is 3.35. The van der Waals surface area contributed by atoms with Crippen LogP contribution in [0.3, 0.4) is 0 Å². The number of fused-ring (bicyclic) bond motifs is 1. The molecular weight excluding hydrogens is 252 g/mol. The van der Waals surface area contributed by atoms with Crippen molar-refractivity contribution in [1.82, 2.24) is 9.97 Å². The highest BCUT2D eigenvalue weighted by atomic mass is 32.1. The Kier molecular flexibility index (Phi) is 2.27. The number of rotatable bonds is 2. The molecule has 6 nitrogen and oxygen atoms in total. The maximum Gasteiger partial charge on any atom is 0.279 e. The summed E-state index contributed by atoms with van der Waals surface area (Å²) in [5.74, 6) is 0. The fourth-order valence-electron chi connectivity index (χ4n) is 1.93. The number of anilines is 1. The first-order valence-corrected chi connectivity index (χ1v) is 6.00. The first kappa shape index (κ1) is 10.7. The maximum absolute atomic E-state index is 11.1. The van der Waals surface area contributed by atoms with Crippen LogP contribution in [0.4, 0.5) is 10.8 Å². The van der Waals surface area contributed by atoms with Crippen LogP contribution in [0.25, 0.3) is 22.2 Å². The van der Waals surface area contributed by atoms with Gasteiger partial charge < -0.3 is 10.7 Å².